The molecule has 4 nitrogen and oxygen atoms in total. The van der Waals surface area contributed by atoms with Crippen molar-refractivity contribution in [1.29, 1.82) is 0 Å². The predicted molar refractivity (Wildman–Crippen MR) is 72.1 cm³/mol. The Hall–Kier alpha value is -2.36. The zero-order valence-corrected chi connectivity index (χ0v) is 10.2. The van der Waals surface area contributed by atoms with E-state index in [1.165, 1.54) is 0 Å². The van der Waals surface area contributed by atoms with Gasteiger partial charge in [0.25, 0.3) is 5.56 Å². The maximum absolute atomic E-state index is 12.1. The molecule has 0 bridgehead atoms. The summed E-state index contributed by atoms with van der Waals surface area (Å²) in [6.45, 7) is 0. The van der Waals surface area contributed by atoms with E-state index in [1.807, 2.05) is 36.4 Å². The SMILES string of the molecule is CN(C)c1nc(=O)c2c(ccc3ccccc32)o1. The van der Waals surface area contributed by atoms with Crippen LogP contribution in [0, 0.1) is 0 Å². The van der Waals surface area contributed by atoms with E-state index in [4.69, 9.17) is 4.42 Å². The van der Waals surface area contributed by atoms with Crippen LogP contribution in [0.5, 0.6) is 0 Å². The third-order valence-electron chi connectivity index (χ3n) is 2.89. The fourth-order valence-electron chi connectivity index (χ4n) is 2.01. The van der Waals surface area contributed by atoms with Crippen LogP contribution in [-0.2, 0) is 0 Å². The quantitative estimate of drug-likeness (QED) is 0.613. The fourth-order valence-corrected chi connectivity index (χ4v) is 2.01. The molecule has 0 aliphatic rings. The molecule has 0 saturated carbocycles. The summed E-state index contributed by atoms with van der Waals surface area (Å²) in [5.74, 6) is 0. The highest BCUT2D eigenvalue weighted by Gasteiger charge is 2.10. The van der Waals surface area contributed by atoms with Crippen LogP contribution in [0.15, 0.2) is 45.6 Å². The molecule has 0 aliphatic carbocycles. The topological polar surface area (TPSA) is 46.3 Å². The highest BCUT2D eigenvalue weighted by atomic mass is 16.4. The molecule has 3 rings (SSSR count). The van der Waals surface area contributed by atoms with E-state index in [9.17, 15) is 4.79 Å². The van der Waals surface area contributed by atoms with Crippen LogP contribution in [0.4, 0.5) is 6.01 Å². The molecule has 18 heavy (non-hydrogen) atoms. The van der Waals surface area contributed by atoms with Crippen molar-refractivity contribution in [3.8, 4) is 0 Å². The first-order valence-corrected chi connectivity index (χ1v) is 5.67. The first-order valence-electron chi connectivity index (χ1n) is 5.67. The van der Waals surface area contributed by atoms with Gasteiger partial charge < -0.3 is 9.32 Å². The number of benzene rings is 2. The van der Waals surface area contributed by atoms with Crippen molar-refractivity contribution < 1.29 is 4.42 Å². The average Bonchev–Trinajstić information content (AvgIpc) is 2.37. The third-order valence-corrected chi connectivity index (χ3v) is 2.89. The Balaban J connectivity index is 2.49. The van der Waals surface area contributed by atoms with Crippen molar-refractivity contribution >= 4 is 27.8 Å². The van der Waals surface area contributed by atoms with Crippen LogP contribution >= 0.6 is 0 Å². The lowest BCUT2D eigenvalue weighted by molar-refractivity contribution is 0.573. The summed E-state index contributed by atoms with van der Waals surface area (Å²) in [6, 6.07) is 11.8. The summed E-state index contributed by atoms with van der Waals surface area (Å²) in [5.41, 5.74) is 0.314. The Kier molecular flexibility index (Phi) is 2.30. The number of hydrogen-bond donors (Lipinski definition) is 0. The lowest BCUT2D eigenvalue weighted by Gasteiger charge is -2.10. The van der Waals surface area contributed by atoms with Gasteiger partial charge in [-0.25, -0.2) is 0 Å². The monoisotopic (exact) mass is 240 g/mol. The molecule has 90 valence electrons. The molecule has 0 atom stereocenters. The molecule has 0 unspecified atom stereocenters. The molecular weight excluding hydrogens is 228 g/mol. The summed E-state index contributed by atoms with van der Waals surface area (Å²) in [6.07, 6.45) is 0. The zero-order chi connectivity index (χ0) is 12.7. The number of hydrogen-bond acceptors (Lipinski definition) is 4. The second kappa shape index (κ2) is 3.84. The van der Waals surface area contributed by atoms with E-state index in [-0.39, 0.29) is 5.56 Å². The minimum absolute atomic E-state index is 0.253. The van der Waals surface area contributed by atoms with Crippen molar-refractivity contribution in [3.05, 3.63) is 46.8 Å². The summed E-state index contributed by atoms with van der Waals surface area (Å²) in [4.78, 5) is 17.8. The van der Waals surface area contributed by atoms with Crippen LogP contribution in [-0.4, -0.2) is 19.1 Å². The molecule has 1 heterocycles. The highest BCUT2D eigenvalue weighted by Crippen LogP contribution is 2.23. The molecule has 2 aromatic carbocycles. The molecular formula is C14H12N2O2. The Bertz CT molecular complexity index is 791. The van der Waals surface area contributed by atoms with Crippen molar-refractivity contribution in [2.24, 2.45) is 0 Å². The number of aromatic nitrogens is 1. The first-order chi connectivity index (χ1) is 8.66. The summed E-state index contributed by atoms with van der Waals surface area (Å²) in [5, 5.41) is 2.43. The molecule has 1 aromatic heterocycles. The maximum Gasteiger partial charge on any atom is 0.300 e. The van der Waals surface area contributed by atoms with Crippen LogP contribution in [0.2, 0.25) is 0 Å². The standard InChI is InChI=1S/C14H12N2O2/c1-16(2)14-15-13(17)12-10-6-4-3-5-9(10)7-8-11(12)18-14/h3-8H,1-2H3. The summed E-state index contributed by atoms with van der Waals surface area (Å²) in [7, 11) is 3.58. The van der Waals surface area contributed by atoms with Gasteiger partial charge in [0.15, 0.2) is 0 Å². The normalized spacial score (nSPS) is 11.0. The van der Waals surface area contributed by atoms with E-state index >= 15 is 0 Å². The molecule has 0 amide bonds. The van der Waals surface area contributed by atoms with Crippen LogP contribution in [0.1, 0.15) is 0 Å². The Morgan fingerprint density at radius 2 is 1.89 bits per heavy atom. The highest BCUT2D eigenvalue weighted by molar-refractivity contribution is 6.04. The van der Waals surface area contributed by atoms with Gasteiger partial charge in [-0.1, -0.05) is 30.3 Å². The number of nitrogens with zero attached hydrogens (tertiary/aromatic N) is 2. The molecule has 0 saturated heterocycles. The number of fused-ring (bicyclic) bond motifs is 3. The molecule has 0 spiro atoms. The predicted octanol–water partition coefficient (Wildman–Crippen LogP) is 2.41. The molecule has 0 N–H and O–H groups in total. The fraction of sp³-hybridized carbons (Fsp3) is 0.143. The van der Waals surface area contributed by atoms with Crippen molar-refractivity contribution in [2.45, 2.75) is 0 Å². The van der Waals surface area contributed by atoms with Gasteiger partial charge in [-0.2, -0.15) is 4.98 Å². The van der Waals surface area contributed by atoms with E-state index in [0.29, 0.717) is 17.0 Å². The third kappa shape index (κ3) is 1.54. The second-order valence-corrected chi connectivity index (χ2v) is 4.36. The Labute approximate surface area is 103 Å². The van der Waals surface area contributed by atoms with Gasteiger partial charge in [0.1, 0.15) is 5.58 Å². The van der Waals surface area contributed by atoms with E-state index < -0.39 is 0 Å². The lowest BCUT2D eigenvalue weighted by atomic mass is 10.1. The van der Waals surface area contributed by atoms with Crippen molar-refractivity contribution in [2.75, 3.05) is 19.0 Å². The van der Waals surface area contributed by atoms with Gasteiger partial charge in [-0.3, -0.25) is 4.79 Å². The minimum Gasteiger partial charge on any atom is -0.425 e. The zero-order valence-electron chi connectivity index (χ0n) is 10.2. The van der Waals surface area contributed by atoms with E-state index in [2.05, 4.69) is 4.98 Å². The summed E-state index contributed by atoms with van der Waals surface area (Å²) < 4.78 is 5.63. The van der Waals surface area contributed by atoms with E-state index in [0.717, 1.165) is 10.8 Å². The summed E-state index contributed by atoms with van der Waals surface area (Å²) >= 11 is 0. The van der Waals surface area contributed by atoms with Gasteiger partial charge in [0.2, 0.25) is 0 Å². The van der Waals surface area contributed by atoms with Crippen molar-refractivity contribution in [3.63, 3.8) is 0 Å². The van der Waals surface area contributed by atoms with Crippen LogP contribution in [0.25, 0.3) is 21.7 Å². The molecule has 0 radical (unpaired) electrons. The van der Waals surface area contributed by atoms with Crippen LogP contribution < -0.4 is 10.5 Å². The average molecular weight is 240 g/mol. The first kappa shape index (κ1) is 10.8. The Morgan fingerprint density at radius 3 is 2.67 bits per heavy atom. The molecule has 3 aromatic rings. The largest absolute Gasteiger partial charge is 0.425 e. The van der Waals surface area contributed by atoms with Gasteiger partial charge >= 0.3 is 6.01 Å². The van der Waals surface area contributed by atoms with Gasteiger partial charge in [-0.05, 0) is 16.8 Å². The Morgan fingerprint density at radius 1 is 1.11 bits per heavy atom. The molecule has 0 aliphatic heterocycles. The van der Waals surface area contributed by atoms with Gasteiger partial charge in [0, 0.05) is 14.1 Å². The smallest absolute Gasteiger partial charge is 0.300 e. The van der Waals surface area contributed by atoms with Gasteiger partial charge in [-0.15, -0.1) is 0 Å². The van der Waals surface area contributed by atoms with Crippen molar-refractivity contribution in [1.82, 2.24) is 4.98 Å². The molecule has 4 heteroatoms. The minimum atomic E-state index is -0.253. The van der Waals surface area contributed by atoms with Crippen LogP contribution in [0.3, 0.4) is 0 Å². The lowest BCUT2D eigenvalue weighted by Crippen LogP contribution is -2.16. The van der Waals surface area contributed by atoms with E-state index in [1.54, 1.807) is 19.0 Å². The van der Waals surface area contributed by atoms with Gasteiger partial charge in [0.05, 0.1) is 5.39 Å². The number of rotatable bonds is 1. The maximum atomic E-state index is 12.1. The molecule has 0 fully saturated rings. The number of anilines is 1. The second-order valence-electron chi connectivity index (χ2n) is 4.36.